The van der Waals surface area contributed by atoms with Crippen LogP contribution in [0.4, 0.5) is 0 Å². The number of carboxylic acids is 1. The fourth-order valence-corrected chi connectivity index (χ4v) is 4.86. The summed E-state index contributed by atoms with van der Waals surface area (Å²) in [4.78, 5) is 15.3. The molecular formula is C16H19NO3. The third-order valence-electron chi connectivity index (χ3n) is 5.42. The quantitative estimate of drug-likeness (QED) is 0.919. The van der Waals surface area contributed by atoms with E-state index in [0.717, 1.165) is 11.8 Å². The van der Waals surface area contributed by atoms with Crippen LogP contribution in [0, 0.1) is 23.7 Å². The number of hydrogen-bond donors (Lipinski definition) is 1. The van der Waals surface area contributed by atoms with E-state index in [4.69, 9.17) is 4.74 Å². The molecular weight excluding hydrogens is 254 g/mol. The largest absolute Gasteiger partial charge is 0.487 e. The van der Waals surface area contributed by atoms with Gasteiger partial charge in [-0.2, -0.15) is 0 Å². The van der Waals surface area contributed by atoms with Gasteiger partial charge >= 0.3 is 5.97 Å². The summed E-state index contributed by atoms with van der Waals surface area (Å²) in [5.74, 6) is 2.53. The highest BCUT2D eigenvalue weighted by Gasteiger charge is 2.49. The molecule has 0 saturated heterocycles. The number of carboxylic acid groups (broad SMARTS) is 1. The first-order valence-corrected chi connectivity index (χ1v) is 7.54. The maximum atomic E-state index is 11.3. The molecule has 0 aromatic carbocycles. The molecule has 5 rings (SSSR count). The molecule has 1 heterocycles. The highest BCUT2D eigenvalue weighted by molar-refractivity contribution is 5.90. The van der Waals surface area contributed by atoms with Crippen molar-refractivity contribution in [1.82, 2.24) is 4.98 Å². The van der Waals surface area contributed by atoms with E-state index in [9.17, 15) is 9.90 Å². The Morgan fingerprint density at radius 2 is 1.80 bits per heavy atom. The minimum absolute atomic E-state index is 0.199. The topological polar surface area (TPSA) is 59.4 Å². The Balaban J connectivity index is 1.59. The average Bonchev–Trinajstić information content (AvgIpc) is 2.42. The molecule has 1 aromatic heterocycles. The van der Waals surface area contributed by atoms with Gasteiger partial charge in [0.25, 0.3) is 0 Å². The van der Waals surface area contributed by atoms with E-state index in [-0.39, 0.29) is 11.7 Å². The molecule has 4 heteroatoms. The molecule has 0 aliphatic heterocycles. The first-order chi connectivity index (χ1) is 9.70. The van der Waals surface area contributed by atoms with Crippen molar-refractivity contribution in [3.05, 3.63) is 24.0 Å². The summed E-state index contributed by atoms with van der Waals surface area (Å²) in [5.41, 5.74) is 0.230. The van der Waals surface area contributed by atoms with E-state index >= 15 is 0 Å². The van der Waals surface area contributed by atoms with Crippen molar-refractivity contribution < 1.29 is 14.6 Å². The molecule has 4 fully saturated rings. The van der Waals surface area contributed by atoms with Gasteiger partial charge in [0.2, 0.25) is 0 Å². The number of nitrogens with zero attached hydrogens (tertiary/aromatic N) is 1. The predicted octanol–water partition coefficient (Wildman–Crippen LogP) is 2.98. The number of carbonyl (C=O) groups is 1. The number of rotatable bonds is 3. The Morgan fingerprint density at radius 1 is 1.15 bits per heavy atom. The lowest BCUT2D eigenvalue weighted by atomic mass is 9.55. The Kier molecular flexibility index (Phi) is 2.72. The molecule has 1 N–H and O–H groups in total. The molecule has 4 nitrogen and oxygen atoms in total. The van der Waals surface area contributed by atoms with E-state index in [1.54, 1.807) is 6.20 Å². The molecule has 0 spiro atoms. The summed E-state index contributed by atoms with van der Waals surface area (Å²) in [5, 5.41) is 9.24. The molecule has 0 radical (unpaired) electrons. The van der Waals surface area contributed by atoms with Crippen molar-refractivity contribution in [3.63, 3.8) is 0 Å². The SMILES string of the molecule is O=C(O)c1ccncc1OC1C2CC3CC(C2)CC1C3. The second-order valence-electron chi connectivity index (χ2n) is 6.69. The Labute approximate surface area is 118 Å². The molecule has 1 aromatic rings. The summed E-state index contributed by atoms with van der Waals surface area (Å²) in [7, 11) is 0. The summed E-state index contributed by atoms with van der Waals surface area (Å²) in [6.45, 7) is 0. The lowest BCUT2D eigenvalue weighted by molar-refractivity contribution is -0.0793. The van der Waals surface area contributed by atoms with Gasteiger partial charge in [0.05, 0.1) is 6.20 Å². The van der Waals surface area contributed by atoms with Crippen LogP contribution in [-0.2, 0) is 0 Å². The van der Waals surface area contributed by atoms with Crippen molar-refractivity contribution in [1.29, 1.82) is 0 Å². The molecule has 4 aliphatic carbocycles. The minimum Gasteiger partial charge on any atom is -0.487 e. The Hall–Kier alpha value is -1.58. The van der Waals surface area contributed by atoms with Crippen LogP contribution in [0.2, 0.25) is 0 Å². The smallest absolute Gasteiger partial charge is 0.339 e. The highest BCUT2D eigenvalue weighted by Crippen LogP contribution is 2.54. The second kappa shape index (κ2) is 4.47. The molecule has 20 heavy (non-hydrogen) atoms. The third kappa shape index (κ3) is 1.89. The summed E-state index contributed by atoms with van der Waals surface area (Å²) < 4.78 is 6.14. The second-order valence-corrected chi connectivity index (χ2v) is 6.69. The van der Waals surface area contributed by atoms with E-state index < -0.39 is 5.97 Å². The molecule has 0 atom stereocenters. The zero-order valence-electron chi connectivity index (χ0n) is 11.4. The molecule has 4 aliphatic rings. The zero-order valence-corrected chi connectivity index (χ0v) is 11.4. The van der Waals surface area contributed by atoms with Gasteiger partial charge in [-0.3, -0.25) is 4.98 Å². The van der Waals surface area contributed by atoms with E-state index in [1.165, 1.54) is 44.4 Å². The van der Waals surface area contributed by atoms with Gasteiger partial charge in [0, 0.05) is 6.20 Å². The normalized spacial score (nSPS) is 37.9. The number of pyridine rings is 1. The van der Waals surface area contributed by atoms with Crippen LogP contribution < -0.4 is 4.74 Å². The van der Waals surface area contributed by atoms with Crippen LogP contribution in [0.5, 0.6) is 5.75 Å². The maximum Gasteiger partial charge on any atom is 0.339 e. The number of aromatic nitrogens is 1. The fourth-order valence-electron chi connectivity index (χ4n) is 4.86. The summed E-state index contributed by atoms with van der Waals surface area (Å²) in [6, 6.07) is 1.52. The minimum atomic E-state index is -0.939. The highest BCUT2D eigenvalue weighted by atomic mass is 16.5. The van der Waals surface area contributed by atoms with E-state index in [1.807, 2.05) is 0 Å². The molecule has 0 unspecified atom stereocenters. The van der Waals surface area contributed by atoms with Crippen molar-refractivity contribution in [2.75, 3.05) is 0 Å². The van der Waals surface area contributed by atoms with Crippen LogP contribution in [0.25, 0.3) is 0 Å². The third-order valence-corrected chi connectivity index (χ3v) is 5.42. The maximum absolute atomic E-state index is 11.3. The van der Waals surface area contributed by atoms with Crippen LogP contribution in [-0.4, -0.2) is 22.2 Å². The number of ether oxygens (including phenoxy) is 1. The lowest BCUT2D eigenvalue weighted by Crippen LogP contribution is -2.50. The fraction of sp³-hybridized carbons (Fsp3) is 0.625. The van der Waals surface area contributed by atoms with Gasteiger partial charge in [-0.25, -0.2) is 4.79 Å². The van der Waals surface area contributed by atoms with Gasteiger partial charge in [0.1, 0.15) is 11.7 Å². The van der Waals surface area contributed by atoms with Crippen molar-refractivity contribution in [2.24, 2.45) is 23.7 Å². The zero-order chi connectivity index (χ0) is 13.7. The molecule has 0 amide bonds. The van der Waals surface area contributed by atoms with Crippen molar-refractivity contribution in [2.45, 2.75) is 38.2 Å². The monoisotopic (exact) mass is 273 g/mol. The number of hydrogen-bond acceptors (Lipinski definition) is 3. The Morgan fingerprint density at radius 3 is 2.40 bits per heavy atom. The first-order valence-electron chi connectivity index (χ1n) is 7.54. The lowest BCUT2D eigenvalue weighted by Gasteiger charge is -2.53. The van der Waals surface area contributed by atoms with Gasteiger partial charge in [-0.15, -0.1) is 0 Å². The number of aromatic carboxylic acids is 1. The first kappa shape index (κ1) is 12.2. The van der Waals surface area contributed by atoms with Gasteiger partial charge in [0.15, 0.2) is 5.75 Å². The standard InChI is InChI=1S/C16H19NO3/c18-16(19)13-1-2-17-8-14(13)20-15-11-4-9-3-10(6-11)7-12(15)5-9/h1-2,8-12,15H,3-7H2,(H,18,19). The molecule has 4 bridgehead atoms. The Bertz CT molecular complexity index is 514. The van der Waals surface area contributed by atoms with E-state index in [2.05, 4.69) is 4.98 Å². The van der Waals surface area contributed by atoms with Gasteiger partial charge < -0.3 is 9.84 Å². The van der Waals surface area contributed by atoms with E-state index in [0.29, 0.717) is 17.6 Å². The van der Waals surface area contributed by atoms with Gasteiger partial charge in [-0.1, -0.05) is 0 Å². The van der Waals surface area contributed by atoms with Crippen LogP contribution in [0.3, 0.4) is 0 Å². The van der Waals surface area contributed by atoms with Crippen LogP contribution >= 0.6 is 0 Å². The van der Waals surface area contributed by atoms with Crippen molar-refractivity contribution >= 4 is 5.97 Å². The van der Waals surface area contributed by atoms with Gasteiger partial charge in [-0.05, 0) is 61.8 Å². The van der Waals surface area contributed by atoms with Crippen LogP contribution in [0.1, 0.15) is 42.5 Å². The summed E-state index contributed by atoms with van der Waals surface area (Å²) in [6.07, 6.45) is 9.72. The van der Waals surface area contributed by atoms with Crippen molar-refractivity contribution in [3.8, 4) is 5.75 Å². The average molecular weight is 273 g/mol. The molecule has 106 valence electrons. The molecule has 4 saturated carbocycles. The predicted molar refractivity (Wildman–Crippen MR) is 72.7 cm³/mol. The summed E-state index contributed by atoms with van der Waals surface area (Å²) >= 11 is 0. The van der Waals surface area contributed by atoms with Crippen LogP contribution in [0.15, 0.2) is 18.5 Å².